The predicted molar refractivity (Wildman–Crippen MR) is 57.0 cm³/mol. The second kappa shape index (κ2) is 5.27. The number of rotatable bonds is 4. The van der Waals surface area contributed by atoms with E-state index in [1.807, 2.05) is 0 Å². The van der Waals surface area contributed by atoms with Gasteiger partial charge in [0.2, 0.25) is 0 Å². The van der Waals surface area contributed by atoms with Gasteiger partial charge in [-0.2, -0.15) is 13.2 Å². The van der Waals surface area contributed by atoms with Crippen LogP contribution in [0.1, 0.15) is 5.56 Å². The fourth-order valence-corrected chi connectivity index (χ4v) is 1.49. The molecule has 0 saturated heterocycles. The number of hydrogen-bond acceptors (Lipinski definition) is 3. The van der Waals surface area contributed by atoms with Crippen LogP contribution in [0, 0.1) is 0 Å². The molecule has 17 heavy (non-hydrogen) atoms. The maximum absolute atomic E-state index is 12.1. The molecule has 0 fully saturated rings. The minimum absolute atomic E-state index is 0.0327. The number of alkyl halides is 3. The van der Waals surface area contributed by atoms with Gasteiger partial charge < -0.3 is 9.84 Å². The lowest BCUT2D eigenvalue weighted by molar-refractivity contribution is -0.144. The van der Waals surface area contributed by atoms with Gasteiger partial charge in [-0.3, -0.25) is 4.90 Å². The summed E-state index contributed by atoms with van der Waals surface area (Å²) in [5.74, 6) is 0.220. The number of benzene rings is 1. The number of aromatic hydroxyl groups is 1. The Balaban J connectivity index is 2.68. The molecule has 1 aromatic carbocycles. The molecular weight excluding hydrogens is 235 g/mol. The van der Waals surface area contributed by atoms with E-state index in [0.717, 1.165) is 4.90 Å². The van der Waals surface area contributed by atoms with Gasteiger partial charge in [-0.25, -0.2) is 0 Å². The fourth-order valence-electron chi connectivity index (χ4n) is 1.49. The molecule has 0 aliphatic carbocycles. The van der Waals surface area contributed by atoms with E-state index in [2.05, 4.69) is 0 Å². The summed E-state index contributed by atoms with van der Waals surface area (Å²) in [6, 6.07) is 4.47. The Morgan fingerprint density at radius 2 is 2.00 bits per heavy atom. The summed E-state index contributed by atoms with van der Waals surface area (Å²) in [5, 5.41) is 9.34. The molecule has 6 heteroatoms. The van der Waals surface area contributed by atoms with Crippen LogP contribution in [0.3, 0.4) is 0 Å². The number of phenols is 1. The average molecular weight is 249 g/mol. The molecule has 96 valence electrons. The van der Waals surface area contributed by atoms with E-state index in [-0.39, 0.29) is 18.0 Å². The zero-order chi connectivity index (χ0) is 13.1. The van der Waals surface area contributed by atoms with E-state index < -0.39 is 12.7 Å². The lowest BCUT2D eigenvalue weighted by Gasteiger charge is -2.18. The van der Waals surface area contributed by atoms with Crippen molar-refractivity contribution < 1.29 is 23.0 Å². The molecule has 0 radical (unpaired) electrons. The zero-order valence-electron chi connectivity index (χ0n) is 9.58. The maximum Gasteiger partial charge on any atom is 0.401 e. The number of halogens is 3. The Bertz CT molecular complexity index is 379. The number of hydrogen-bond donors (Lipinski definition) is 1. The summed E-state index contributed by atoms with van der Waals surface area (Å²) in [6.45, 7) is -0.841. The maximum atomic E-state index is 12.1. The second-order valence-electron chi connectivity index (χ2n) is 3.79. The first-order valence-corrected chi connectivity index (χ1v) is 4.93. The Hall–Kier alpha value is -1.43. The molecule has 0 heterocycles. The van der Waals surface area contributed by atoms with Crippen LogP contribution in [0.15, 0.2) is 18.2 Å². The predicted octanol–water partition coefficient (Wildman–Crippen LogP) is 2.39. The summed E-state index contributed by atoms with van der Waals surface area (Å²) >= 11 is 0. The lowest BCUT2D eigenvalue weighted by atomic mass is 10.2. The van der Waals surface area contributed by atoms with Crippen molar-refractivity contribution in [3.8, 4) is 11.5 Å². The summed E-state index contributed by atoms with van der Waals surface area (Å²) < 4.78 is 41.2. The summed E-state index contributed by atoms with van der Waals surface area (Å²) in [6.07, 6.45) is -4.21. The highest BCUT2D eigenvalue weighted by atomic mass is 19.4. The van der Waals surface area contributed by atoms with Crippen molar-refractivity contribution in [2.45, 2.75) is 12.7 Å². The summed E-state index contributed by atoms with van der Waals surface area (Å²) in [4.78, 5) is 1.14. The lowest BCUT2D eigenvalue weighted by Crippen LogP contribution is -2.30. The van der Waals surface area contributed by atoms with E-state index in [1.54, 1.807) is 6.07 Å². The molecule has 0 atom stereocenters. The average Bonchev–Trinajstić information content (AvgIpc) is 2.18. The standard InChI is InChI=1S/C11H14F3NO2/c1-15(7-11(12,13)14)6-8-3-4-9(16)10(5-8)17-2/h3-5,16H,6-7H2,1-2H3. The van der Waals surface area contributed by atoms with Crippen molar-refractivity contribution in [1.82, 2.24) is 4.90 Å². The minimum atomic E-state index is -4.21. The van der Waals surface area contributed by atoms with Gasteiger partial charge in [0.05, 0.1) is 13.7 Å². The first-order chi connectivity index (χ1) is 7.81. The van der Waals surface area contributed by atoms with Crippen LogP contribution in [0.2, 0.25) is 0 Å². The molecule has 1 aromatic rings. The van der Waals surface area contributed by atoms with Crippen molar-refractivity contribution in [3.05, 3.63) is 23.8 Å². The third-order valence-corrected chi connectivity index (χ3v) is 2.15. The number of nitrogens with zero attached hydrogens (tertiary/aromatic N) is 1. The van der Waals surface area contributed by atoms with Gasteiger partial charge in [0.15, 0.2) is 11.5 Å². The topological polar surface area (TPSA) is 32.7 Å². The Labute approximate surface area is 97.4 Å². The fraction of sp³-hybridized carbons (Fsp3) is 0.455. The number of methoxy groups -OCH3 is 1. The van der Waals surface area contributed by atoms with Gasteiger partial charge in [-0.1, -0.05) is 6.07 Å². The molecule has 0 bridgehead atoms. The molecule has 0 saturated carbocycles. The first kappa shape index (κ1) is 13.6. The van der Waals surface area contributed by atoms with Crippen LogP contribution in [-0.4, -0.2) is 36.9 Å². The van der Waals surface area contributed by atoms with Gasteiger partial charge in [-0.05, 0) is 24.7 Å². The molecule has 1 N–H and O–H groups in total. The quantitative estimate of drug-likeness (QED) is 0.889. The van der Waals surface area contributed by atoms with Crippen LogP contribution in [-0.2, 0) is 6.54 Å². The minimum Gasteiger partial charge on any atom is -0.504 e. The molecule has 0 aromatic heterocycles. The summed E-state index contributed by atoms with van der Waals surface area (Å²) in [7, 11) is 2.77. The highest BCUT2D eigenvalue weighted by Gasteiger charge is 2.29. The van der Waals surface area contributed by atoms with Crippen molar-refractivity contribution >= 4 is 0 Å². The van der Waals surface area contributed by atoms with Crippen LogP contribution < -0.4 is 4.74 Å². The Kier molecular flexibility index (Phi) is 4.22. The largest absolute Gasteiger partial charge is 0.504 e. The Morgan fingerprint density at radius 3 is 2.53 bits per heavy atom. The number of ether oxygens (including phenoxy) is 1. The van der Waals surface area contributed by atoms with Gasteiger partial charge in [0.1, 0.15) is 0 Å². The van der Waals surface area contributed by atoms with Crippen molar-refractivity contribution in [1.29, 1.82) is 0 Å². The van der Waals surface area contributed by atoms with E-state index in [4.69, 9.17) is 4.74 Å². The van der Waals surface area contributed by atoms with Crippen LogP contribution in [0.5, 0.6) is 11.5 Å². The SMILES string of the molecule is COc1cc(CN(C)CC(F)(F)F)ccc1O. The molecular formula is C11H14F3NO2. The van der Waals surface area contributed by atoms with E-state index in [9.17, 15) is 18.3 Å². The third-order valence-electron chi connectivity index (χ3n) is 2.15. The normalized spacial score (nSPS) is 11.9. The van der Waals surface area contributed by atoms with E-state index in [1.165, 1.54) is 26.3 Å². The van der Waals surface area contributed by atoms with Gasteiger partial charge in [0, 0.05) is 6.54 Å². The van der Waals surface area contributed by atoms with E-state index in [0.29, 0.717) is 5.56 Å². The zero-order valence-corrected chi connectivity index (χ0v) is 9.58. The molecule has 0 spiro atoms. The molecule has 3 nitrogen and oxygen atoms in total. The Morgan fingerprint density at radius 1 is 1.35 bits per heavy atom. The number of phenolic OH excluding ortho intramolecular Hbond substituents is 1. The summed E-state index contributed by atoms with van der Waals surface area (Å²) in [5.41, 5.74) is 0.645. The molecule has 0 unspecified atom stereocenters. The van der Waals surface area contributed by atoms with Crippen LogP contribution in [0.4, 0.5) is 13.2 Å². The monoisotopic (exact) mass is 249 g/mol. The highest BCUT2D eigenvalue weighted by molar-refractivity contribution is 5.41. The first-order valence-electron chi connectivity index (χ1n) is 4.93. The smallest absolute Gasteiger partial charge is 0.401 e. The van der Waals surface area contributed by atoms with Gasteiger partial charge >= 0.3 is 6.18 Å². The van der Waals surface area contributed by atoms with Crippen LogP contribution >= 0.6 is 0 Å². The second-order valence-corrected chi connectivity index (χ2v) is 3.79. The van der Waals surface area contributed by atoms with Gasteiger partial charge in [-0.15, -0.1) is 0 Å². The molecule has 0 amide bonds. The van der Waals surface area contributed by atoms with Crippen LogP contribution in [0.25, 0.3) is 0 Å². The van der Waals surface area contributed by atoms with Crippen molar-refractivity contribution in [2.75, 3.05) is 20.7 Å². The third kappa shape index (κ3) is 4.52. The van der Waals surface area contributed by atoms with Crippen molar-refractivity contribution in [3.63, 3.8) is 0 Å². The molecule has 1 rings (SSSR count). The molecule has 0 aliphatic heterocycles. The van der Waals surface area contributed by atoms with Crippen molar-refractivity contribution in [2.24, 2.45) is 0 Å². The molecule has 0 aliphatic rings. The van der Waals surface area contributed by atoms with Gasteiger partial charge in [0.25, 0.3) is 0 Å². The van der Waals surface area contributed by atoms with E-state index >= 15 is 0 Å². The highest BCUT2D eigenvalue weighted by Crippen LogP contribution is 2.27.